The molecular weight excluding hydrogens is 406 g/mol. The van der Waals surface area contributed by atoms with Gasteiger partial charge in [-0.25, -0.2) is 0 Å². The zero-order chi connectivity index (χ0) is 20.2. The number of alkyl halides is 3. The van der Waals surface area contributed by atoms with Crippen LogP contribution in [0.4, 0.5) is 18.9 Å². The monoisotopic (exact) mass is 419 g/mol. The van der Waals surface area contributed by atoms with E-state index in [0.29, 0.717) is 11.5 Å². The zero-order valence-corrected chi connectivity index (χ0v) is 15.7. The first-order valence-electron chi connectivity index (χ1n) is 7.43. The minimum absolute atomic E-state index is 0.167. The van der Waals surface area contributed by atoms with E-state index in [9.17, 15) is 18.0 Å². The predicted octanol–water partition coefficient (Wildman–Crippen LogP) is 5.68. The maximum absolute atomic E-state index is 12.9. The molecule has 0 aliphatic rings. The van der Waals surface area contributed by atoms with E-state index in [2.05, 4.69) is 5.32 Å². The second kappa shape index (κ2) is 8.54. The number of benzene rings is 2. The highest BCUT2D eigenvalue weighted by Gasteiger charge is 2.33. The van der Waals surface area contributed by atoms with E-state index in [0.717, 1.165) is 18.2 Å². The summed E-state index contributed by atoms with van der Waals surface area (Å²) in [6.45, 7) is 0. The Bertz CT molecular complexity index is 883. The fraction of sp³-hybridized carbons (Fsp3) is 0.167. The molecule has 0 saturated carbocycles. The van der Waals surface area contributed by atoms with E-state index >= 15 is 0 Å². The number of ether oxygens (including phenoxy) is 2. The quantitative estimate of drug-likeness (QED) is 0.634. The third kappa shape index (κ3) is 5.30. The second-order valence-corrected chi connectivity index (χ2v) is 6.06. The van der Waals surface area contributed by atoms with E-state index < -0.39 is 22.7 Å². The predicted molar refractivity (Wildman–Crippen MR) is 98.7 cm³/mol. The van der Waals surface area contributed by atoms with Gasteiger partial charge < -0.3 is 14.8 Å². The summed E-state index contributed by atoms with van der Waals surface area (Å²) in [5.74, 6) is 0.151. The largest absolute Gasteiger partial charge is 0.493 e. The highest BCUT2D eigenvalue weighted by atomic mass is 35.5. The van der Waals surface area contributed by atoms with Crippen molar-refractivity contribution in [2.24, 2.45) is 0 Å². The average molecular weight is 420 g/mol. The number of carbonyl (C=O) groups is 1. The lowest BCUT2D eigenvalue weighted by molar-refractivity contribution is -0.137. The van der Waals surface area contributed by atoms with E-state index in [4.69, 9.17) is 32.7 Å². The van der Waals surface area contributed by atoms with Gasteiger partial charge in [-0.2, -0.15) is 13.2 Å². The standard InChI is InChI=1S/C18H14Cl2F3NO3/c1-26-15-8-13(20)14(9-16(15)27-2)24-17(25)6-4-10-3-5-12(19)11(7-10)18(21,22)23/h3-9H,1-2H3,(H,24,25). The summed E-state index contributed by atoms with van der Waals surface area (Å²) in [6, 6.07) is 6.28. The zero-order valence-electron chi connectivity index (χ0n) is 14.2. The maximum atomic E-state index is 12.9. The Balaban J connectivity index is 2.19. The lowest BCUT2D eigenvalue weighted by atomic mass is 10.1. The van der Waals surface area contributed by atoms with Crippen molar-refractivity contribution in [2.75, 3.05) is 19.5 Å². The SMILES string of the molecule is COc1cc(Cl)c(NC(=O)C=Cc2ccc(Cl)c(C(F)(F)F)c2)cc1OC. The Kier molecular flexibility index (Phi) is 6.62. The second-order valence-electron chi connectivity index (χ2n) is 5.25. The first-order valence-corrected chi connectivity index (χ1v) is 8.18. The normalized spacial score (nSPS) is 11.5. The molecule has 0 atom stereocenters. The van der Waals surface area contributed by atoms with Crippen molar-refractivity contribution in [3.63, 3.8) is 0 Å². The van der Waals surface area contributed by atoms with Crippen LogP contribution in [-0.4, -0.2) is 20.1 Å². The van der Waals surface area contributed by atoms with Gasteiger partial charge in [-0.1, -0.05) is 29.3 Å². The van der Waals surface area contributed by atoms with Crippen LogP contribution >= 0.6 is 23.2 Å². The summed E-state index contributed by atoms with van der Waals surface area (Å²) in [6.07, 6.45) is -2.28. The molecule has 144 valence electrons. The van der Waals surface area contributed by atoms with Crippen molar-refractivity contribution in [3.05, 3.63) is 57.6 Å². The van der Waals surface area contributed by atoms with Crippen LogP contribution in [0.1, 0.15) is 11.1 Å². The van der Waals surface area contributed by atoms with Gasteiger partial charge in [0.25, 0.3) is 0 Å². The number of nitrogens with one attached hydrogen (secondary N) is 1. The number of anilines is 1. The molecule has 0 saturated heterocycles. The Morgan fingerprint density at radius 2 is 1.67 bits per heavy atom. The van der Waals surface area contributed by atoms with E-state index in [1.807, 2.05) is 0 Å². The summed E-state index contributed by atoms with van der Waals surface area (Å²) >= 11 is 11.6. The van der Waals surface area contributed by atoms with Crippen LogP contribution in [0.25, 0.3) is 6.08 Å². The van der Waals surface area contributed by atoms with Crippen molar-refractivity contribution < 1.29 is 27.4 Å². The molecule has 0 fully saturated rings. The Labute approximate surface area is 163 Å². The fourth-order valence-electron chi connectivity index (χ4n) is 2.16. The fourth-order valence-corrected chi connectivity index (χ4v) is 2.59. The Morgan fingerprint density at radius 3 is 2.26 bits per heavy atom. The molecule has 4 nitrogen and oxygen atoms in total. The lowest BCUT2D eigenvalue weighted by Gasteiger charge is -2.12. The van der Waals surface area contributed by atoms with Crippen LogP contribution < -0.4 is 14.8 Å². The van der Waals surface area contributed by atoms with E-state index in [1.54, 1.807) is 0 Å². The van der Waals surface area contributed by atoms with Gasteiger partial charge in [-0.15, -0.1) is 0 Å². The molecule has 0 unspecified atom stereocenters. The number of halogens is 5. The minimum atomic E-state index is -4.59. The summed E-state index contributed by atoms with van der Waals surface area (Å²) in [5.41, 5.74) is -0.550. The summed E-state index contributed by atoms with van der Waals surface area (Å²) in [5, 5.41) is 2.31. The first kappa shape index (κ1) is 20.9. The Morgan fingerprint density at radius 1 is 1.04 bits per heavy atom. The van der Waals surface area contributed by atoms with Crippen LogP contribution in [0.15, 0.2) is 36.4 Å². The molecule has 0 heterocycles. The summed E-state index contributed by atoms with van der Waals surface area (Å²) in [4.78, 5) is 12.1. The molecule has 1 amide bonds. The van der Waals surface area contributed by atoms with Gasteiger partial charge >= 0.3 is 6.18 Å². The molecule has 0 radical (unpaired) electrons. The molecule has 0 aliphatic heterocycles. The van der Waals surface area contributed by atoms with Gasteiger partial charge in [0.2, 0.25) is 5.91 Å². The number of carbonyl (C=O) groups excluding carboxylic acids is 1. The van der Waals surface area contributed by atoms with Gasteiger partial charge in [0.15, 0.2) is 11.5 Å². The van der Waals surface area contributed by atoms with Gasteiger partial charge in [0.1, 0.15) is 0 Å². The topological polar surface area (TPSA) is 47.6 Å². The first-order chi connectivity index (χ1) is 12.7. The summed E-state index contributed by atoms with van der Waals surface area (Å²) < 4.78 is 48.8. The number of methoxy groups -OCH3 is 2. The molecule has 2 rings (SSSR count). The molecule has 1 N–H and O–H groups in total. The van der Waals surface area contributed by atoms with Crippen LogP contribution in [0.5, 0.6) is 11.5 Å². The van der Waals surface area contributed by atoms with Gasteiger partial charge in [0.05, 0.1) is 35.5 Å². The van der Waals surface area contributed by atoms with Gasteiger partial charge in [0, 0.05) is 18.2 Å². The maximum Gasteiger partial charge on any atom is 0.417 e. The molecular formula is C18H14Cl2F3NO3. The number of rotatable bonds is 5. The summed E-state index contributed by atoms with van der Waals surface area (Å²) in [7, 11) is 2.87. The Hall–Kier alpha value is -2.38. The number of hydrogen-bond acceptors (Lipinski definition) is 3. The molecule has 9 heteroatoms. The van der Waals surface area contributed by atoms with Crippen LogP contribution in [0.3, 0.4) is 0 Å². The van der Waals surface area contributed by atoms with Gasteiger partial charge in [-0.05, 0) is 23.8 Å². The molecule has 0 spiro atoms. The van der Waals surface area contributed by atoms with Crippen molar-refractivity contribution in [2.45, 2.75) is 6.18 Å². The molecule has 0 aromatic heterocycles. The van der Waals surface area contributed by atoms with E-state index in [1.165, 1.54) is 38.5 Å². The van der Waals surface area contributed by atoms with Crippen molar-refractivity contribution in [1.82, 2.24) is 0 Å². The molecule has 2 aromatic carbocycles. The third-order valence-electron chi connectivity index (χ3n) is 3.45. The van der Waals surface area contributed by atoms with Crippen molar-refractivity contribution in [1.29, 1.82) is 0 Å². The van der Waals surface area contributed by atoms with Gasteiger partial charge in [-0.3, -0.25) is 4.79 Å². The minimum Gasteiger partial charge on any atom is -0.493 e. The van der Waals surface area contributed by atoms with Crippen molar-refractivity contribution >= 4 is 40.9 Å². The highest BCUT2D eigenvalue weighted by molar-refractivity contribution is 6.34. The smallest absolute Gasteiger partial charge is 0.417 e. The van der Waals surface area contributed by atoms with Crippen LogP contribution in [0, 0.1) is 0 Å². The average Bonchev–Trinajstić information content (AvgIpc) is 2.61. The molecule has 0 aliphatic carbocycles. The molecule has 27 heavy (non-hydrogen) atoms. The lowest BCUT2D eigenvalue weighted by Crippen LogP contribution is -2.09. The van der Waals surface area contributed by atoms with Crippen LogP contribution in [-0.2, 0) is 11.0 Å². The van der Waals surface area contributed by atoms with Crippen molar-refractivity contribution in [3.8, 4) is 11.5 Å². The van der Waals surface area contributed by atoms with Crippen LogP contribution in [0.2, 0.25) is 10.0 Å². The molecule has 0 bridgehead atoms. The van der Waals surface area contributed by atoms with E-state index in [-0.39, 0.29) is 16.3 Å². The number of amides is 1. The third-order valence-corrected chi connectivity index (χ3v) is 4.10. The molecule has 2 aromatic rings. The number of hydrogen-bond donors (Lipinski definition) is 1. The highest BCUT2D eigenvalue weighted by Crippen LogP contribution is 2.36.